The van der Waals surface area contributed by atoms with Crippen molar-refractivity contribution in [3.8, 4) is 21.6 Å². The molecular formula is C23H18S. The lowest BCUT2D eigenvalue weighted by atomic mass is 9.88. The molecule has 116 valence electrons. The highest BCUT2D eigenvalue weighted by Crippen LogP contribution is 2.42. The fourth-order valence-electron chi connectivity index (χ4n) is 3.32. The van der Waals surface area contributed by atoms with E-state index >= 15 is 0 Å². The van der Waals surface area contributed by atoms with Crippen LogP contribution in [-0.4, -0.2) is 0 Å². The van der Waals surface area contributed by atoms with Gasteiger partial charge in [0, 0.05) is 10.4 Å². The summed E-state index contributed by atoms with van der Waals surface area (Å²) in [7, 11) is 0. The van der Waals surface area contributed by atoms with Gasteiger partial charge in [-0.3, -0.25) is 0 Å². The maximum atomic E-state index is 4.07. The van der Waals surface area contributed by atoms with Crippen molar-refractivity contribution in [2.45, 2.75) is 6.92 Å². The van der Waals surface area contributed by atoms with Crippen molar-refractivity contribution < 1.29 is 0 Å². The van der Waals surface area contributed by atoms with Crippen LogP contribution in [0, 0.1) is 6.92 Å². The Balaban J connectivity index is 2.18. The van der Waals surface area contributed by atoms with E-state index < -0.39 is 0 Å². The minimum Gasteiger partial charge on any atom is -0.144 e. The molecule has 1 heteroatoms. The summed E-state index contributed by atoms with van der Waals surface area (Å²) < 4.78 is 0. The van der Waals surface area contributed by atoms with E-state index in [1.165, 1.54) is 43.5 Å². The fraction of sp³-hybridized carbons (Fsp3) is 0.0435. The van der Waals surface area contributed by atoms with E-state index in [2.05, 4.69) is 85.6 Å². The highest BCUT2D eigenvalue weighted by Gasteiger charge is 2.16. The lowest BCUT2D eigenvalue weighted by molar-refractivity contribution is 1.47. The number of aryl methyl sites for hydroxylation is 1. The first-order chi connectivity index (χ1) is 11.8. The first-order valence-corrected chi connectivity index (χ1v) is 8.95. The Morgan fingerprint density at radius 3 is 2.50 bits per heavy atom. The molecule has 0 unspecified atom stereocenters. The van der Waals surface area contributed by atoms with Crippen LogP contribution in [0.3, 0.4) is 0 Å². The molecule has 3 aromatic carbocycles. The van der Waals surface area contributed by atoms with E-state index in [9.17, 15) is 0 Å². The largest absolute Gasteiger partial charge is 0.144 e. The summed E-state index contributed by atoms with van der Waals surface area (Å²) >= 11 is 1.79. The van der Waals surface area contributed by atoms with Crippen molar-refractivity contribution >= 4 is 28.2 Å². The molecule has 1 heterocycles. The lowest BCUT2D eigenvalue weighted by Gasteiger charge is -2.16. The third kappa shape index (κ3) is 2.47. The van der Waals surface area contributed by atoms with Gasteiger partial charge >= 0.3 is 0 Å². The monoisotopic (exact) mass is 326 g/mol. The Labute approximate surface area is 146 Å². The first kappa shape index (κ1) is 14.9. The molecule has 0 aliphatic carbocycles. The molecule has 0 saturated carbocycles. The van der Waals surface area contributed by atoms with E-state index in [0.29, 0.717) is 0 Å². The highest BCUT2D eigenvalue weighted by atomic mass is 32.1. The molecule has 0 aliphatic rings. The summed E-state index contributed by atoms with van der Waals surface area (Å²) in [6.45, 7) is 6.21. The maximum Gasteiger partial charge on any atom is 0.0355 e. The Morgan fingerprint density at radius 2 is 1.75 bits per heavy atom. The molecule has 0 amide bonds. The standard InChI is InChI=1S/C23H18S/c1-3-17-15-18-9-4-5-11-20(18)23(21-12-7-13-24-21)22(17)19-10-6-8-16(2)14-19/h3-15H,1H2,2H3. The number of thiophene rings is 1. The van der Waals surface area contributed by atoms with E-state index in [-0.39, 0.29) is 0 Å². The predicted octanol–water partition coefficient (Wildman–Crippen LogP) is 7.19. The Kier molecular flexibility index (Phi) is 3.79. The van der Waals surface area contributed by atoms with Crippen LogP contribution in [-0.2, 0) is 0 Å². The van der Waals surface area contributed by atoms with Gasteiger partial charge < -0.3 is 0 Å². The third-order valence-corrected chi connectivity index (χ3v) is 5.26. The molecule has 0 atom stereocenters. The van der Waals surface area contributed by atoms with E-state index in [1.807, 2.05) is 6.08 Å². The number of hydrogen-bond acceptors (Lipinski definition) is 1. The Hall–Kier alpha value is -2.64. The number of fused-ring (bicyclic) bond motifs is 1. The molecule has 4 aromatic rings. The van der Waals surface area contributed by atoms with Gasteiger partial charge in [-0.15, -0.1) is 11.3 Å². The van der Waals surface area contributed by atoms with Crippen LogP contribution >= 0.6 is 11.3 Å². The first-order valence-electron chi connectivity index (χ1n) is 8.07. The smallest absolute Gasteiger partial charge is 0.0355 e. The normalized spacial score (nSPS) is 10.9. The van der Waals surface area contributed by atoms with Crippen LogP contribution in [0.25, 0.3) is 38.4 Å². The minimum atomic E-state index is 1.18. The van der Waals surface area contributed by atoms with E-state index in [0.717, 1.165) is 0 Å². The third-order valence-electron chi connectivity index (χ3n) is 4.37. The van der Waals surface area contributed by atoms with Gasteiger partial charge in [0.25, 0.3) is 0 Å². The summed E-state index contributed by atoms with van der Waals surface area (Å²) in [5.74, 6) is 0. The average Bonchev–Trinajstić information content (AvgIpc) is 3.14. The van der Waals surface area contributed by atoms with Gasteiger partial charge in [0.05, 0.1) is 0 Å². The molecule has 24 heavy (non-hydrogen) atoms. The molecule has 0 nitrogen and oxygen atoms in total. The molecule has 1 aromatic heterocycles. The van der Waals surface area contributed by atoms with Crippen LogP contribution in [0.15, 0.2) is 78.7 Å². The zero-order valence-electron chi connectivity index (χ0n) is 13.6. The van der Waals surface area contributed by atoms with Crippen LogP contribution in [0.4, 0.5) is 0 Å². The van der Waals surface area contributed by atoms with Gasteiger partial charge in [0.15, 0.2) is 0 Å². The molecule has 0 aliphatic heterocycles. The van der Waals surface area contributed by atoms with Crippen molar-refractivity contribution in [2.24, 2.45) is 0 Å². The zero-order valence-corrected chi connectivity index (χ0v) is 14.4. The molecule has 0 bridgehead atoms. The van der Waals surface area contributed by atoms with Crippen LogP contribution in [0.2, 0.25) is 0 Å². The van der Waals surface area contributed by atoms with Gasteiger partial charge in [-0.2, -0.15) is 0 Å². The van der Waals surface area contributed by atoms with E-state index in [1.54, 1.807) is 11.3 Å². The molecule has 0 saturated heterocycles. The summed E-state index contributed by atoms with van der Waals surface area (Å²) in [6, 6.07) is 23.9. The Morgan fingerprint density at radius 1 is 0.875 bits per heavy atom. The molecule has 0 radical (unpaired) electrons. The second-order valence-electron chi connectivity index (χ2n) is 5.99. The predicted molar refractivity (Wildman–Crippen MR) is 108 cm³/mol. The van der Waals surface area contributed by atoms with Crippen LogP contribution in [0.5, 0.6) is 0 Å². The Bertz CT molecular complexity index is 1020. The summed E-state index contributed by atoms with van der Waals surface area (Å²) in [5, 5.41) is 4.69. The zero-order chi connectivity index (χ0) is 16.5. The van der Waals surface area contributed by atoms with Gasteiger partial charge in [-0.25, -0.2) is 0 Å². The molecule has 0 N–H and O–H groups in total. The van der Waals surface area contributed by atoms with Crippen molar-refractivity contribution in [1.29, 1.82) is 0 Å². The molecule has 0 spiro atoms. The average molecular weight is 326 g/mol. The number of benzene rings is 3. The summed E-state index contributed by atoms with van der Waals surface area (Å²) in [5.41, 5.74) is 6.29. The van der Waals surface area contributed by atoms with Crippen LogP contribution < -0.4 is 0 Å². The van der Waals surface area contributed by atoms with Gasteiger partial charge in [-0.05, 0) is 51.9 Å². The SMILES string of the molecule is C=Cc1cc2ccccc2c(-c2cccs2)c1-c1cccc(C)c1. The van der Waals surface area contributed by atoms with Crippen LogP contribution in [0.1, 0.15) is 11.1 Å². The fourth-order valence-corrected chi connectivity index (χ4v) is 4.11. The molecular weight excluding hydrogens is 308 g/mol. The maximum absolute atomic E-state index is 4.07. The lowest BCUT2D eigenvalue weighted by Crippen LogP contribution is -1.91. The second kappa shape index (κ2) is 6.10. The number of rotatable bonds is 3. The molecule has 0 fully saturated rings. The second-order valence-corrected chi connectivity index (χ2v) is 6.94. The van der Waals surface area contributed by atoms with Crippen molar-refractivity contribution in [3.63, 3.8) is 0 Å². The summed E-state index contributed by atoms with van der Waals surface area (Å²) in [6.07, 6.45) is 1.97. The van der Waals surface area contributed by atoms with Gasteiger partial charge in [-0.1, -0.05) is 72.8 Å². The van der Waals surface area contributed by atoms with Crippen molar-refractivity contribution in [1.82, 2.24) is 0 Å². The van der Waals surface area contributed by atoms with Crippen molar-refractivity contribution in [2.75, 3.05) is 0 Å². The topological polar surface area (TPSA) is 0 Å². The van der Waals surface area contributed by atoms with Gasteiger partial charge in [0.1, 0.15) is 0 Å². The van der Waals surface area contributed by atoms with Gasteiger partial charge in [0.2, 0.25) is 0 Å². The number of hydrogen-bond donors (Lipinski definition) is 0. The molecule has 4 rings (SSSR count). The highest BCUT2D eigenvalue weighted by molar-refractivity contribution is 7.13. The minimum absolute atomic E-state index is 1.18. The van der Waals surface area contributed by atoms with E-state index in [4.69, 9.17) is 0 Å². The van der Waals surface area contributed by atoms with Crippen molar-refractivity contribution in [3.05, 3.63) is 89.8 Å². The summed E-state index contributed by atoms with van der Waals surface area (Å²) in [4.78, 5) is 1.30. The quantitative estimate of drug-likeness (QED) is 0.374.